The molecule has 2 heterocycles. The summed E-state index contributed by atoms with van der Waals surface area (Å²) >= 11 is 0. The van der Waals surface area contributed by atoms with Crippen LogP contribution in [0.5, 0.6) is 0 Å². The molecule has 0 amide bonds. The molecule has 4 aromatic rings. The molecule has 0 atom stereocenters. The normalized spacial score (nSPS) is 22.0. The topological polar surface area (TPSA) is 6.48 Å². The van der Waals surface area contributed by atoms with E-state index in [9.17, 15) is 19.4 Å². The van der Waals surface area contributed by atoms with Crippen LogP contribution in [0, 0.1) is 10.8 Å². The van der Waals surface area contributed by atoms with Crippen LogP contribution in [0.3, 0.4) is 0 Å². The fraction of sp³-hybridized carbons (Fsp3) is 0.491. The predicted octanol–water partition coefficient (Wildman–Crippen LogP) is 15.4. The first-order valence-electron chi connectivity index (χ1n) is 24.3. The van der Waals surface area contributed by atoms with Gasteiger partial charge in [0.05, 0.1) is 0 Å². The summed E-state index contributed by atoms with van der Waals surface area (Å²) in [6, 6.07) is 34.4. The van der Waals surface area contributed by atoms with Gasteiger partial charge in [0, 0.05) is 0 Å². The van der Waals surface area contributed by atoms with E-state index < -0.39 is 10.3 Å². The summed E-state index contributed by atoms with van der Waals surface area (Å²) in [7, 11) is 14.4. The minimum absolute atomic E-state index is 0.146. The van der Waals surface area contributed by atoms with E-state index in [1.807, 2.05) is 0 Å². The number of hydrogen-bond donors (Lipinski definition) is 0. The van der Waals surface area contributed by atoms with E-state index >= 15 is 0 Å². The molecule has 4 fully saturated rings. The van der Waals surface area contributed by atoms with Gasteiger partial charge in [-0.2, -0.15) is 0 Å². The van der Waals surface area contributed by atoms with Crippen molar-refractivity contribution in [3.05, 3.63) is 136 Å². The third-order valence-corrected chi connectivity index (χ3v) is 28.3. The molecule has 0 aromatic heterocycles. The van der Waals surface area contributed by atoms with Crippen molar-refractivity contribution in [2.24, 2.45) is 10.8 Å². The van der Waals surface area contributed by atoms with Crippen molar-refractivity contribution in [1.29, 1.82) is 0 Å². The summed E-state index contributed by atoms with van der Waals surface area (Å²) in [6.45, 7) is 19.5. The van der Waals surface area contributed by atoms with Crippen LogP contribution in [0.15, 0.2) is 97.1 Å². The second kappa shape index (κ2) is 16.2. The van der Waals surface area contributed by atoms with Crippen LogP contribution in [0.1, 0.15) is 171 Å². The van der Waals surface area contributed by atoms with E-state index in [-0.39, 0.29) is 21.9 Å². The number of anilines is 2. The van der Waals surface area contributed by atoms with Gasteiger partial charge < -0.3 is 0 Å². The quantitative estimate of drug-likeness (QED) is 0.170. The first-order chi connectivity index (χ1) is 29.7. The second-order valence-corrected chi connectivity index (χ2v) is 33.9. The molecule has 0 unspecified atom stereocenters. The maximum absolute atomic E-state index is 9.97. The van der Waals surface area contributed by atoms with Gasteiger partial charge in [-0.05, 0) is 0 Å². The van der Waals surface area contributed by atoms with E-state index in [0.29, 0.717) is 0 Å². The number of fused-ring (bicyclic) bond motifs is 1. The SMILES string of the molecule is CCc1cccc(CC)c1N1[C](=[Ru]([Cl])([Cl])(=[C]2C=C(c3ccccc3)c3ccccc32)=[C]2N(c3c(CC)cccc3CC)C(C)(C)CC23CCCCC3)C2(CCCCC2)CC1(C)C. The van der Waals surface area contributed by atoms with Crippen molar-refractivity contribution in [2.75, 3.05) is 9.80 Å². The molecule has 0 bridgehead atoms. The van der Waals surface area contributed by atoms with E-state index in [2.05, 4.69) is 162 Å². The van der Waals surface area contributed by atoms with E-state index in [4.69, 9.17) is 0 Å². The van der Waals surface area contributed by atoms with E-state index in [0.717, 1.165) is 64.2 Å². The fourth-order valence-electron chi connectivity index (χ4n) is 13.5. The average molecular weight is 957 g/mol. The van der Waals surface area contributed by atoms with Gasteiger partial charge in [0.1, 0.15) is 0 Å². The summed E-state index contributed by atoms with van der Waals surface area (Å²) in [6.07, 6.45) is 20.4. The third-order valence-electron chi connectivity index (χ3n) is 15.7. The van der Waals surface area contributed by atoms with Crippen molar-refractivity contribution < 1.29 is 10.3 Å². The molecule has 2 spiro atoms. The van der Waals surface area contributed by atoms with Gasteiger partial charge in [-0.15, -0.1) is 0 Å². The Balaban J connectivity index is 1.68. The molecule has 3 aliphatic carbocycles. The zero-order chi connectivity index (χ0) is 43.7. The molecule has 2 nitrogen and oxygen atoms in total. The number of allylic oxidation sites excluding steroid dienone is 1. The molecule has 0 N–H and O–H groups in total. The van der Waals surface area contributed by atoms with Crippen LogP contribution < -0.4 is 9.80 Å². The average Bonchev–Trinajstić information content (AvgIpc) is 3.86. The monoisotopic (exact) mass is 956 g/mol. The van der Waals surface area contributed by atoms with Gasteiger partial charge in [-0.3, -0.25) is 0 Å². The minimum atomic E-state index is -5.53. The van der Waals surface area contributed by atoms with Gasteiger partial charge >= 0.3 is 385 Å². The zero-order valence-corrected chi connectivity index (χ0v) is 42.3. The first-order valence-corrected chi connectivity index (χ1v) is 31.3. The molecular weight excluding hydrogens is 885 g/mol. The molecule has 5 aliphatic rings. The van der Waals surface area contributed by atoms with Crippen LogP contribution in [0.2, 0.25) is 0 Å². The Bertz CT molecular complexity index is 2520. The number of benzene rings is 4. The van der Waals surface area contributed by atoms with Gasteiger partial charge in [0.25, 0.3) is 0 Å². The summed E-state index contributed by atoms with van der Waals surface area (Å²) in [5, 5.41) is 0. The molecule has 62 heavy (non-hydrogen) atoms. The summed E-state index contributed by atoms with van der Waals surface area (Å²) < 4.78 is 4.06. The molecule has 2 aliphatic heterocycles. The molecular formula is C57H72Cl2N2Ru. The Morgan fingerprint density at radius 2 is 0.871 bits per heavy atom. The zero-order valence-electron chi connectivity index (χ0n) is 39.1. The standard InChI is InChI=1S/2C21H31N.C15H10.2ClH.Ru/c2*1-5-17-11-10-12-18(6-2)19(17)22-16-21(15-20(22,3)4)13-8-7-9-14-21;1-2-6-12(7-3-1)15-11-10-13-8-4-5-9-14(13)15;;;/h2*10-12H,5-9,13-15H2,1-4H3;1-9,11H;2*1H;/q;;;;;+2/p-2. The molecule has 2 saturated heterocycles. The Kier molecular flexibility index (Phi) is 11.5. The number of nitrogens with zero attached hydrogens (tertiary/aromatic N) is 2. The summed E-state index contributed by atoms with van der Waals surface area (Å²) in [5.41, 5.74) is 12.7. The van der Waals surface area contributed by atoms with Gasteiger partial charge in [-0.1, -0.05) is 0 Å². The van der Waals surface area contributed by atoms with Crippen LogP contribution in [-0.4, -0.2) is 23.6 Å². The number of para-hydroxylation sites is 2. The van der Waals surface area contributed by atoms with Crippen LogP contribution in [0.4, 0.5) is 11.4 Å². The molecule has 5 heteroatoms. The molecule has 332 valence electrons. The van der Waals surface area contributed by atoms with Crippen LogP contribution >= 0.6 is 19.4 Å². The van der Waals surface area contributed by atoms with E-state index in [1.165, 1.54) is 107 Å². The van der Waals surface area contributed by atoms with Crippen molar-refractivity contribution in [2.45, 2.75) is 169 Å². The van der Waals surface area contributed by atoms with E-state index in [1.54, 1.807) is 0 Å². The Morgan fingerprint density at radius 1 is 0.484 bits per heavy atom. The van der Waals surface area contributed by atoms with Crippen molar-refractivity contribution in [1.82, 2.24) is 0 Å². The number of aryl methyl sites for hydroxylation is 4. The second-order valence-electron chi connectivity index (χ2n) is 20.7. The first kappa shape index (κ1) is 44.2. The molecule has 2 saturated carbocycles. The number of rotatable bonds is 7. The summed E-state index contributed by atoms with van der Waals surface area (Å²) in [4.78, 5) is 5.79. The number of halogens is 2. The third kappa shape index (κ3) is 6.66. The van der Waals surface area contributed by atoms with Crippen molar-refractivity contribution in [3.63, 3.8) is 0 Å². The van der Waals surface area contributed by atoms with Gasteiger partial charge in [-0.25, -0.2) is 0 Å². The predicted molar refractivity (Wildman–Crippen MR) is 270 cm³/mol. The number of hydrogen-bond acceptors (Lipinski definition) is 2. The molecule has 0 radical (unpaired) electrons. The fourth-order valence-corrected chi connectivity index (χ4v) is 29.9. The molecule has 4 aromatic carbocycles. The van der Waals surface area contributed by atoms with Crippen LogP contribution in [-0.2, 0) is 35.9 Å². The maximum atomic E-state index is 9.97. The van der Waals surface area contributed by atoms with Crippen LogP contribution in [0.25, 0.3) is 5.57 Å². The van der Waals surface area contributed by atoms with Gasteiger partial charge in [0.15, 0.2) is 0 Å². The Hall–Kier alpha value is -2.97. The summed E-state index contributed by atoms with van der Waals surface area (Å²) in [5.74, 6) is 0. The Morgan fingerprint density at radius 3 is 1.27 bits per heavy atom. The van der Waals surface area contributed by atoms with Gasteiger partial charge in [0.2, 0.25) is 0 Å². The van der Waals surface area contributed by atoms with Crippen molar-refractivity contribution >= 4 is 48.9 Å². The van der Waals surface area contributed by atoms with Crippen molar-refractivity contribution in [3.8, 4) is 0 Å². The molecule has 9 rings (SSSR count). The Labute approximate surface area is 382 Å².